The van der Waals surface area contributed by atoms with E-state index in [0.29, 0.717) is 5.69 Å². The van der Waals surface area contributed by atoms with Crippen molar-refractivity contribution < 1.29 is 22.7 Å². The first kappa shape index (κ1) is 14.9. The third-order valence-electron chi connectivity index (χ3n) is 2.79. The van der Waals surface area contributed by atoms with E-state index in [4.69, 9.17) is 0 Å². The van der Waals surface area contributed by atoms with Crippen LogP contribution < -0.4 is 5.56 Å². The van der Waals surface area contributed by atoms with E-state index < -0.39 is 23.3 Å². The fourth-order valence-electron chi connectivity index (χ4n) is 1.75. The molecule has 0 saturated carbocycles. The van der Waals surface area contributed by atoms with Crippen LogP contribution in [0.25, 0.3) is 5.69 Å². The first-order valence-corrected chi connectivity index (χ1v) is 5.86. The zero-order valence-corrected chi connectivity index (χ0v) is 10.9. The van der Waals surface area contributed by atoms with Gasteiger partial charge in [-0.05, 0) is 24.3 Å². The molecule has 0 aliphatic carbocycles. The summed E-state index contributed by atoms with van der Waals surface area (Å²) < 4.78 is 42.9. The lowest BCUT2D eigenvalue weighted by Crippen LogP contribution is -2.14. The lowest BCUT2D eigenvalue weighted by molar-refractivity contribution is -0.140. The highest BCUT2D eigenvalue weighted by molar-refractivity contribution is 5.71. The molecule has 1 aromatic carbocycles. The van der Waals surface area contributed by atoms with Crippen molar-refractivity contribution in [3.8, 4) is 5.69 Å². The monoisotopic (exact) mass is 300 g/mol. The summed E-state index contributed by atoms with van der Waals surface area (Å²) in [5.41, 5.74) is -0.731. The standard InChI is InChI=1S/C13H11F3N2O3/c1-21-12(20)7-9-6-11(19)18(17-9)10-4-2-8(3-5-10)13(14,15)16/h2-6,17H,7H2,1H3. The number of esters is 1. The largest absolute Gasteiger partial charge is 0.469 e. The number of rotatable bonds is 3. The molecule has 2 aromatic rings. The van der Waals surface area contributed by atoms with Gasteiger partial charge < -0.3 is 4.74 Å². The maximum atomic E-state index is 12.5. The normalized spacial score (nSPS) is 11.4. The Morgan fingerprint density at radius 2 is 1.90 bits per heavy atom. The second kappa shape index (κ2) is 5.47. The van der Waals surface area contributed by atoms with Gasteiger partial charge in [0.2, 0.25) is 0 Å². The van der Waals surface area contributed by atoms with Crippen molar-refractivity contribution in [1.82, 2.24) is 9.78 Å². The van der Waals surface area contributed by atoms with Gasteiger partial charge in [-0.25, -0.2) is 4.68 Å². The van der Waals surface area contributed by atoms with Gasteiger partial charge in [0.05, 0.1) is 24.8 Å². The number of carbonyl (C=O) groups is 1. The molecule has 0 aliphatic rings. The lowest BCUT2D eigenvalue weighted by Gasteiger charge is -2.07. The molecule has 0 radical (unpaired) electrons. The van der Waals surface area contributed by atoms with Crippen LogP contribution in [0.3, 0.4) is 0 Å². The zero-order valence-electron chi connectivity index (χ0n) is 10.9. The molecular formula is C13H11F3N2O3. The number of ether oxygens (including phenoxy) is 1. The predicted octanol–water partition coefficient (Wildman–Crippen LogP) is 1.90. The molecule has 0 aliphatic heterocycles. The van der Waals surface area contributed by atoms with Crippen LogP contribution in [0.15, 0.2) is 35.1 Å². The summed E-state index contributed by atoms with van der Waals surface area (Å²) in [6, 6.07) is 5.28. The van der Waals surface area contributed by atoms with Crippen molar-refractivity contribution in [2.45, 2.75) is 12.6 Å². The van der Waals surface area contributed by atoms with E-state index in [1.807, 2.05) is 0 Å². The van der Waals surface area contributed by atoms with Gasteiger partial charge in [0, 0.05) is 11.8 Å². The van der Waals surface area contributed by atoms with Crippen molar-refractivity contribution in [3.63, 3.8) is 0 Å². The van der Waals surface area contributed by atoms with Crippen LogP contribution in [0.4, 0.5) is 13.2 Å². The van der Waals surface area contributed by atoms with Crippen molar-refractivity contribution in [3.05, 3.63) is 51.9 Å². The van der Waals surface area contributed by atoms with Crippen LogP contribution in [0.2, 0.25) is 0 Å². The van der Waals surface area contributed by atoms with Crippen LogP contribution in [0.5, 0.6) is 0 Å². The molecular weight excluding hydrogens is 289 g/mol. The summed E-state index contributed by atoms with van der Waals surface area (Å²) in [4.78, 5) is 22.9. The number of benzene rings is 1. The molecule has 8 heteroatoms. The molecule has 2 rings (SSSR count). The number of nitrogens with one attached hydrogen (secondary N) is 1. The summed E-state index contributed by atoms with van der Waals surface area (Å²) in [6.07, 6.45) is -4.56. The highest BCUT2D eigenvalue weighted by Crippen LogP contribution is 2.29. The first-order valence-electron chi connectivity index (χ1n) is 5.86. The maximum Gasteiger partial charge on any atom is 0.416 e. The van der Waals surface area contributed by atoms with E-state index in [2.05, 4.69) is 9.84 Å². The average molecular weight is 300 g/mol. The molecule has 1 N–H and O–H groups in total. The Bertz CT molecular complexity index is 699. The molecule has 1 aromatic heterocycles. The predicted molar refractivity (Wildman–Crippen MR) is 67.1 cm³/mol. The summed E-state index contributed by atoms with van der Waals surface area (Å²) in [7, 11) is 1.22. The van der Waals surface area contributed by atoms with Gasteiger partial charge in [-0.3, -0.25) is 14.7 Å². The van der Waals surface area contributed by atoms with Crippen LogP contribution in [-0.2, 0) is 22.1 Å². The smallest absolute Gasteiger partial charge is 0.416 e. The Morgan fingerprint density at radius 1 is 1.29 bits per heavy atom. The number of H-pyrrole nitrogens is 1. The minimum absolute atomic E-state index is 0.126. The molecule has 0 fully saturated rings. The van der Waals surface area contributed by atoms with Gasteiger partial charge >= 0.3 is 12.1 Å². The zero-order chi connectivity index (χ0) is 15.6. The quantitative estimate of drug-likeness (QED) is 0.881. The second-order valence-electron chi connectivity index (χ2n) is 4.25. The topological polar surface area (TPSA) is 64.1 Å². The number of nitrogens with zero attached hydrogens (tertiary/aromatic N) is 1. The number of carbonyl (C=O) groups excluding carboxylic acids is 1. The fraction of sp³-hybridized carbons (Fsp3) is 0.231. The number of aromatic nitrogens is 2. The molecule has 0 amide bonds. The third kappa shape index (κ3) is 3.33. The Hall–Kier alpha value is -2.51. The number of halogens is 3. The molecule has 112 valence electrons. The van der Waals surface area contributed by atoms with E-state index in [0.717, 1.165) is 16.8 Å². The molecule has 0 saturated heterocycles. The fourth-order valence-corrected chi connectivity index (χ4v) is 1.75. The Kier molecular flexibility index (Phi) is 3.88. The van der Waals surface area contributed by atoms with Crippen LogP contribution in [0.1, 0.15) is 11.3 Å². The molecule has 5 nitrogen and oxygen atoms in total. The van der Waals surface area contributed by atoms with Crippen molar-refractivity contribution in [2.75, 3.05) is 7.11 Å². The van der Waals surface area contributed by atoms with Crippen LogP contribution in [0, 0.1) is 0 Å². The van der Waals surface area contributed by atoms with Crippen molar-refractivity contribution >= 4 is 5.97 Å². The number of hydrogen-bond acceptors (Lipinski definition) is 3. The average Bonchev–Trinajstić information content (AvgIpc) is 2.78. The SMILES string of the molecule is COC(=O)Cc1cc(=O)n(-c2ccc(C(F)(F)F)cc2)[nH]1. The van der Waals surface area contributed by atoms with Gasteiger partial charge in [0.15, 0.2) is 0 Å². The maximum absolute atomic E-state index is 12.5. The second-order valence-corrected chi connectivity index (χ2v) is 4.25. The Labute approximate surface area is 116 Å². The minimum Gasteiger partial charge on any atom is -0.469 e. The number of methoxy groups -OCH3 is 1. The van der Waals surface area contributed by atoms with E-state index in [-0.39, 0.29) is 12.1 Å². The third-order valence-corrected chi connectivity index (χ3v) is 2.79. The molecule has 0 spiro atoms. The number of alkyl halides is 3. The summed E-state index contributed by atoms with van der Waals surface area (Å²) in [6.45, 7) is 0. The van der Waals surface area contributed by atoms with Gasteiger partial charge in [-0.15, -0.1) is 0 Å². The number of hydrogen-bond donors (Lipinski definition) is 1. The van der Waals surface area contributed by atoms with E-state index >= 15 is 0 Å². The van der Waals surface area contributed by atoms with Gasteiger partial charge in [-0.1, -0.05) is 0 Å². The van der Waals surface area contributed by atoms with Gasteiger partial charge in [0.1, 0.15) is 0 Å². The lowest BCUT2D eigenvalue weighted by atomic mass is 10.2. The summed E-state index contributed by atoms with van der Waals surface area (Å²) in [5, 5.41) is 2.64. The summed E-state index contributed by atoms with van der Waals surface area (Å²) >= 11 is 0. The van der Waals surface area contributed by atoms with Crippen LogP contribution >= 0.6 is 0 Å². The number of aromatic amines is 1. The highest BCUT2D eigenvalue weighted by atomic mass is 19.4. The van der Waals surface area contributed by atoms with Gasteiger partial charge in [-0.2, -0.15) is 13.2 Å². The molecule has 21 heavy (non-hydrogen) atoms. The van der Waals surface area contributed by atoms with E-state index in [9.17, 15) is 22.8 Å². The molecule has 0 atom stereocenters. The molecule has 1 heterocycles. The summed E-state index contributed by atoms with van der Waals surface area (Å²) in [5.74, 6) is -0.532. The molecule has 0 bridgehead atoms. The Balaban J connectivity index is 2.30. The van der Waals surface area contributed by atoms with E-state index in [1.165, 1.54) is 25.3 Å². The molecule has 0 unspecified atom stereocenters. The minimum atomic E-state index is -4.44. The van der Waals surface area contributed by atoms with Gasteiger partial charge in [0.25, 0.3) is 5.56 Å². The first-order chi connectivity index (χ1) is 9.81. The van der Waals surface area contributed by atoms with Crippen molar-refractivity contribution in [2.24, 2.45) is 0 Å². The Morgan fingerprint density at radius 3 is 2.43 bits per heavy atom. The van der Waals surface area contributed by atoms with Crippen molar-refractivity contribution in [1.29, 1.82) is 0 Å². The van der Waals surface area contributed by atoms with Crippen LogP contribution in [-0.4, -0.2) is 22.9 Å². The van der Waals surface area contributed by atoms with E-state index in [1.54, 1.807) is 0 Å². The highest BCUT2D eigenvalue weighted by Gasteiger charge is 2.30.